The smallest absolute Gasteiger partial charge is 0.133 e. The van der Waals surface area contributed by atoms with Gasteiger partial charge in [0, 0.05) is 6.04 Å². The number of hydrogen-bond acceptors (Lipinski definition) is 2. The van der Waals surface area contributed by atoms with Crippen LogP contribution in [0.5, 0.6) is 5.75 Å². The molecule has 1 fully saturated rings. The number of ether oxygens (including phenoxy) is 1. The highest BCUT2D eigenvalue weighted by atomic mass is 79.9. The number of aryl methyl sites for hydroxylation is 1. The van der Waals surface area contributed by atoms with E-state index in [1.165, 1.54) is 12.0 Å². The monoisotopic (exact) mass is 255 g/mol. The van der Waals surface area contributed by atoms with Crippen molar-refractivity contribution in [3.8, 4) is 5.75 Å². The van der Waals surface area contributed by atoms with Gasteiger partial charge in [0.2, 0.25) is 0 Å². The van der Waals surface area contributed by atoms with E-state index >= 15 is 0 Å². The first kappa shape index (κ1) is 9.99. The fourth-order valence-corrected chi connectivity index (χ4v) is 2.01. The molecule has 1 aromatic rings. The first-order valence-corrected chi connectivity index (χ1v) is 5.67. The van der Waals surface area contributed by atoms with E-state index in [1.807, 2.05) is 6.07 Å². The van der Waals surface area contributed by atoms with Gasteiger partial charge in [0.15, 0.2) is 0 Å². The number of rotatable bonds is 3. The van der Waals surface area contributed by atoms with Gasteiger partial charge in [-0.25, -0.2) is 0 Å². The molecule has 1 saturated heterocycles. The lowest BCUT2D eigenvalue weighted by atomic mass is 10.1. The molecule has 1 N–H and O–H groups in total. The van der Waals surface area contributed by atoms with Crippen molar-refractivity contribution in [3.05, 3.63) is 28.2 Å². The summed E-state index contributed by atoms with van der Waals surface area (Å²) >= 11 is 3.49. The second-order valence-electron chi connectivity index (χ2n) is 3.68. The molecular weight excluding hydrogens is 242 g/mol. The maximum Gasteiger partial charge on any atom is 0.133 e. The molecule has 0 radical (unpaired) electrons. The Morgan fingerprint density at radius 2 is 2.36 bits per heavy atom. The van der Waals surface area contributed by atoms with Crippen molar-refractivity contribution >= 4 is 15.9 Å². The molecule has 1 aromatic carbocycles. The molecule has 0 saturated carbocycles. The minimum absolute atomic E-state index is 0.545. The second kappa shape index (κ2) is 4.32. The molecule has 1 aliphatic heterocycles. The third kappa shape index (κ3) is 2.28. The quantitative estimate of drug-likeness (QED) is 0.897. The van der Waals surface area contributed by atoms with Crippen molar-refractivity contribution in [1.82, 2.24) is 5.32 Å². The predicted octanol–water partition coefficient (Wildman–Crippen LogP) is 2.50. The molecule has 1 atom stereocenters. The minimum Gasteiger partial charge on any atom is -0.491 e. The molecule has 76 valence electrons. The van der Waals surface area contributed by atoms with E-state index in [0.717, 1.165) is 23.4 Å². The zero-order valence-electron chi connectivity index (χ0n) is 8.22. The van der Waals surface area contributed by atoms with Crippen LogP contribution < -0.4 is 10.1 Å². The first-order valence-electron chi connectivity index (χ1n) is 4.88. The Morgan fingerprint density at radius 1 is 1.57 bits per heavy atom. The van der Waals surface area contributed by atoms with Crippen LogP contribution in [0.4, 0.5) is 0 Å². The molecule has 3 heteroatoms. The number of hydrogen-bond donors (Lipinski definition) is 1. The summed E-state index contributed by atoms with van der Waals surface area (Å²) in [6.07, 6.45) is 1.23. The average molecular weight is 256 g/mol. The molecule has 0 bridgehead atoms. The third-order valence-corrected chi connectivity index (χ3v) is 3.07. The number of benzene rings is 1. The van der Waals surface area contributed by atoms with Gasteiger partial charge < -0.3 is 10.1 Å². The summed E-state index contributed by atoms with van der Waals surface area (Å²) < 4.78 is 6.73. The Balaban J connectivity index is 1.94. The molecule has 1 unspecified atom stereocenters. The number of nitrogens with one attached hydrogen (secondary N) is 1. The first-order chi connectivity index (χ1) is 6.75. The zero-order valence-corrected chi connectivity index (χ0v) is 9.80. The molecule has 1 aliphatic rings. The molecule has 2 nitrogen and oxygen atoms in total. The van der Waals surface area contributed by atoms with E-state index in [9.17, 15) is 0 Å². The summed E-state index contributed by atoms with van der Waals surface area (Å²) in [5.74, 6) is 0.935. The Morgan fingerprint density at radius 3 is 2.93 bits per heavy atom. The van der Waals surface area contributed by atoms with Crippen molar-refractivity contribution < 1.29 is 4.74 Å². The van der Waals surface area contributed by atoms with E-state index in [4.69, 9.17) is 4.74 Å². The molecule has 0 amide bonds. The molecule has 0 aromatic heterocycles. The fraction of sp³-hybridized carbons (Fsp3) is 0.455. The van der Waals surface area contributed by atoms with Gasteiger partial charge in [-0.1, -0.05) is 6.07 Å². The van der Waals surface area contributed by atoms with Gasteiger partial charge in [0.1, 0.15) is 12.4 Å². The predicted molar refractivity (Wildman–Crippen MR) is 60.8 cm³/mol. The Hall–Kier alpha value is -0.540. The lowest BCUT2D eigenvalue weighted by Crippen LogP contribution is -2.46. The molecule has 0 aliphatic carbocycles. The summed E-state index contributed by atoms with van der Waals surface area (Å²) in [5.41, 5.74) is 1.24. The van der Waals surface area contributed by atoms with Crippen LogP contribution in [-0.4, -0.2) is 19.2 Å². The van der Waals surface area contributed by atoms with Crippen LogP contribution in [0.1, 0.15) is 12.0 Å². The van der Waals surface area contributed by atoms with Crippen LogP contribution in [0.25, 0.3) is 0 Å². The molecule has 0 spiro atoms. The highest BCUT2D eigenvalue weighted by Crippen LogP contribution is 2.26. The van der Waals surface area contributed by atoms with Crippen molar-refractivity contribution in [2.45, 2.75) is 19.4 Å². The van der Waals surface area contributed by atoms with E-state index < -0.39 is 0 Å². The number of halogens is 1. The normalized spacial score (nSPS) is 20.3. The maximum absolute atomic E-state index is 5.69. The Bertz CT molecular complexity index is 323. The van der Waals surface area contributed by atoms with Crippen LogP contribution >= 0.6 is 15.9 Å². The topological polar surface area (TPSA) is 21.3 Å². The Kier molecular flexibility index (Phi) is 3.08. The maximum atomic E-state index is 5.69. The summed E-state index contributed by atoms with van der Waals surface area (Å²) in [7, 11) is 0. The Labute approximate surface area is 92.8 Å². The van der Waals surface area contributed by atoms with Gasteiger partial charge in [-0.15, -0.1) is 0 Å². The molecular formula is C11H14BrNO. The van der Waals surface area contributed by atoms with Crippen LogP contribution in [0.15, 0.2) is 22.7 Å². The van der Waals surface area contributed by atoms with Crippen molar-refractivity contribution in [2.75, 3.05) is 13.2 Å². The van der Waals surface area contributed by atoms with Gasteiger partial charge in [-0.05, 0) is 53.5 Å². The zero-order chi connectivity index (χ0) is 9.97. The lowest BCUT2D eigenvalue weighted by molar-refractivity contribution is 0.216. The summed E-state index contributed by atoms with van der Waals surface area (Å²) in [4.78, 5) is 0. The highest BCUT2D eigenvalue weighted by Gasteiger charge is 2.16. The van der Waals surface area contributed by atoms with E-state index in [2.05, 4.69) is 40.3 Å². The van der Waals surface area contributed by atoms with Crippen LogP contribution in [0.3, 0.4) is 0 Å². The van der Waals surface area contributed by atoms with Crippen molar-refractivity contribution in [2.24, 2.45) is 0 Å². The SMILES string of the molecule is Cc1ccc(OCC2CCN2)c(Br)c1. The van der Waals surface area contributed by atoms with Gasteiger partial charge in [0.05, 0.1) is 4.47 Å². The summed E-state index contributed by atoms with van der Waals surface area (Å²) in [6.45, 7) is 3.97. The highest BCUT2D eigenvalue weighted by molar-refractivity contribution is 9.10. The van der Waals surface area contributed by atoms with Crippen LogP contribution in [-0.2, 0) is 0 Å². The summed E-state index contributed by atoms with van der Waals surface area (Å²) in [5, 5.41) is 3.31. The van der Waals surface area contributed by atoms with Gasteiger partial charge in [-0.3, -0.25) is 0 Å². The van der Waals surface area contributed by atoms with Gasteiger partial charge in [-0.2, -0.15) is 0 Å². The van der Waals surface area contributed by atoms with Crippen molar-refractivity contribution in [3.63, 3.8) is 0 Å². The van der Waals surface area contributed by atoms with Crippen molar-refractivity contribution in [1.29, 1.82) is 0 Å². The summed E-state index contributed by atoms with van der Waals surface area (Å²) in [6, 6.07) is 6.69. The molecule has 14 heavy (non-hydrogen) atoms. The van der Waals surface area contributed by atoms with E-state index in [1.54, 1.807) is 0 Å². The van der Waals surface area contributed by atoms with Crippen LogP contribution in [0, 0.1) is 6.92 Å². The standard InChI is InChI=1S/C11H14BrNO/c1-8-2-3-11(10(12)6-8)14-7-9-4-5-13-9/h2-3,6,9,13H,4-5,7H2,1H3. The van der Waals surface area contributed by atoms with Gasteiger partial charge in [0.25, 0.3) is 0 Å². The average Bonchev–Trinajstić information content (AvgIpc) is 2.05. The third-order valence-electron chi connectivity index (χ3n) is 2.45. The molecule has 2 rings (SSSR count). The minimum atomic E-state index is 0.545. The van der Waals surface area contributed by atoms with Gasteiger partial charge >= 0.3 is 0 Å². The molecule has 1 heterocycles. The fourth-order valence-electron chi connectivity index (χ4n) is 1.40. The van der Waals surface area contributed by atoms with Crippen LogP contribution in [0.2, 0.25) is 0 Å². The largest absolute Gasteiger partial charge is 0.491 e. The van der Waals surface area contributed by atoms with E-state index in [0.29, 0.717) is 6.04 Å². The van der Waals surface area contributed by atoms with E-state index in [-0.39, 0.29) is 0 Å². The second-order valence-corrected chi connectivity index (χ2v) is 4.54. The lowest BCUT2D eigenvalue weighted by Gasteiger charge is -2.27.